The van der Waals surface area contributed by atoms with Gasteiger partial charge in [-0.15, -0.1) is 0 Å². The number of nitrogens with zero attached hydrogens (tertiary/aromatic N) is 2. The summed E-state index contributed by atoms with van der Waals surface area (Å²) in [5.74, 6) is -0.183. The van der Waals surface area contributed by atoms with Crippen molar-refractivity contribution in [3.05, 3.63) is 64.7 Å². The minimum atomic E-state index is -4.38. The molecule has 0 bridgehead atoms. The van der Waals surface area contributed by atoms with Crippen LogP contribution in [0, 0.1) is 0 Å². The van der Waals surface area contributed by atoms with Crippen molar-refractivity contribution < 1.29 is 26.4 Å². The Morgan fingerprint density at radius 2 is 1.72 bits per heavy atom. The molecule has 0 aliphatic carbocycles. The predicted octanol–water partition coefficient (Wildman–Crippen LogP) is 3.37. The molecule has 1 saturated heterocycles. The van der Waals surface area contributed by atoms with Gasteiger partial charge in [0.15, 0.2) is 0 Å². The van der Waals surface area contributed by atoms with E-state index >= 15 is 0 Å². The lowest BCUT2D eigenvalue weighted by Crippen LogP contribution is -2.48. The molecule has 0 unspecified atom stereocenters. The summed E-state index contributed by atoms with van der Waals surface area (Å²) in [5, 5.41) is 0.298. The number of hydrogen-bond acceptors (Lipinski definition) is 4. The Kier molecular flexibility index (Phi) is 7.81. The third-order valence-electron chi connectivity index (χ3n) is 5.12. The van der Waals surface area contributed by atoms with Gasteiger partial charge in [-0.2, -0.15) is 13.2 Å². The molecule has 0 aromatic heterocycles. The zero-order chi connectivity index (χ0) is 23.4. The van der Waals surface area contributed by atoms with Gasteiger partial charge in [-0.05, 0) is 29.8 Å². The number of alkyl halides is 3. The van der Waals surface area contributed by atoms with Crippen LogP contribution in [-0.4, -0.2) is 56.8 Å². The van der Waals surface area contributed by atoms with Gasteiger partial charge >= 0.3 is 6.18 Å². The average Bonchev–Trinajstić information content (AvgIpc) is 2.74. The third kappa shape index (κ3) is 6.68. The molecule has 11 heteroatoms. The first kappa shape index (κ1) is 24.5. The maximum absolute atomic E-state index is 12.9. The number of rotatable bonds is 7. The number of nitrogens with one attached hydrogen (secondary N) is 1. The number of sulfonamides is 1. The fourth-order valence-corrected chi connectivity index (χ4v) is 4.76. The van der Waals surface area contributed by atoms with Gasteiger partial charge in [-0.25, -0.2) is 13.1 Å². The van der Waals surface area contributed by atoms with E-state index in [2.05, 4.69) is 4.72 Å². The molecule has 2 aromatic carbocycles. The van der Waals surface area contributed by atoms with Crippen molar-refractivity contribution in [2.45, 2.75) is 24.0 Å². The summed E-state index contributed by atoms with van der Waals surface area (Å²) in [6.07, 6.45) is -4.37. The van der Waals surface area contributed by atoms with E-state index in [4.69, 9.17) is 11.6 Å². The number of amides is 1. The zero-order valence-electron chi connectivity index (χ0n) is 17.1. The number of carbonyl (C=O) groups excluding carboxylic acids is 1. The summed E-state index contributed by atoms with van der Waals surface area (Å²) >= 11 is 5.82. The average molecular weight is 490 g/mol. The van der Waals surface area contributed by atoms with Gasteiger partial charge in [-0.1, -0.05) is 35.9 Å². The molecular formula is C21H23ClF3N3O3S. The maximum Gasteiger partial charge on any atom is 0.416 e. The van der Waals surface area contributed by atoms with Gasteiger partial charge < -0.3 is 4.90 Å². The normalized spacial score (nSPS) is 15.7. The molecule has 6 nitrogen and oxygen atoms in total. The SMILES string of the molecule is O=C(CCNS(=O)(=O)c1cccc(Cl)c1)N1CCN(Cc2cccc(C(F)(F)F)c2)CC1. The standard InChI is InChI=1S/C21H23ClF3N3O3S/c22-18-5-2-6-19(14-18)32(30,31)26-8-7-20(29)28-11-9-27(10-12-28)15-16-3-1-4-17(13-16)21(23,24)25/h1-6,13-14,26H,7-12,15H2. The molecule has 1 N–H and O–H groups in total. The van der Waals surface area contributed by atoms with E-state index in [9.17, 15) is 26.4 Å². The second kappa shape index (κ2) is 10.2. The lowest BCUT2D eigenvalue weighted by atomic mass is 10.1. The van der Waals surface area contributed by atoms with E-state index in [0.717, 1.165) is 12.1 Å². The first-order chi connectivity index (χ1) is 15.0. The summed E-state index contributed by atoms with van der Waals surface area (Å²) in [4.78, 5) is 16.1. The van der Waals surface area contributed by atoms with Crippen LogP contribution in [0.4, 0.5) is 13.2 Å². The van der Waals surface area contributed by atoms with Crippen LogP contribution < -0.4 is 4.72 Å². The van der Waals surface area contributed by atoms with Crippen LogP contribution >= 0.6 is 11.6 Å². The molecule has 2 aromatic rings. The highest BCUT2D eigenvalue weighted by Crippen LogP contribution is 2.29. The van der Waals surface area contributed by atoms with E-state index in [1.54, 1.807) is 17.0 Å². The van der Waals surface area contributed by atoms with Crippen LogP contribution in [-0.2, 0) is 27.5 Å². The van der Waals surface area contributed by atoms with Crippen LogP contribution in [0.3, 0.4) is 0 Å². The first-order valence-corrected chi connectivity index (χ1v) is 11.8. The fraction of sp³-hybridized carbons (Fsp3) is 0.381. The van der Waals surface area contributed by atoms with Crippen LogP contribution in [0.25, 0.3) is 0 Å². The maximum atomic E-state index is 12.9. The highest BCUT2D eigenvalue weighted by atomic mass is 35.5. The third-order valence-corrected chi connectivity index (χ3v) is 6.82. The minimum Gasteiger partial charge on any atom is -0.340 e. The van der Waals surface area contributed by atoms with Gasteiger partial charge in [-0.3, -0.25) is 9.69 Å². The van der Waals surface area contributed by atoms with Crippen molar-refractivity contribution in [2.75, 3.05) is 32.7 Å². The summed E-state index contributed by atoms with van der Waals surface area (Å²) < 4.78 is 65.6. The topological polar surface area (TPSA) is 69.7 Å². The molecule has 3 rings (SSSR count). The zero-order valence-corrected chi connectivity index (χ0v) is 18.7. The molecule has 1 amide bonds. The Bertz CT molecular complexity index is 1060. The monoisotopic (exact) mass is 489 g/mol. The van der Waals surface area contributed by atoms with Crippen molar-refractivity contribution >= 4 is 27.5 Å². The van der Waals surface area contributed by atoms with Gasteiger partial charge in [0.2, 0.25) is 15.9 Å². The van der Waals surface area contributed by atoms with E-state index < -0.39 is 21.8 Å². The van der Waals surface area contributed by atoms with Gasteiger partial charge in [0.25, 0.3) is 0 Å². The van der Waals surface area contributed by atoms with E-state index in [0.29, 0.717) is 43.3 Å². The summed E-state index contributed by atoms with van der Waals surface area (Å²) in [6.45, 7) is 2.23. The molecule has 1 aliphatic heterocycles. The van der Waals surface area contributed by atoms with Crippen molar-refractivity contribution in [3.8, 4) is 0 Å². The molecule has 0 spiro atoms. The van der Waals surface area contributed by atoms with Crippen molar-refractivity contribution in [3.63, 3.8) is 0 Å². The van der Waals surface area contributed by atoms with Crippen LogP contribution in [0.2, 0.25) is 5.02 Å². The molecule has 0 atom stereocenters. The molecular weight excluding hydrogens is 467 g/mol. The van der Waals surface area contributed by atoms with Gasteiger partial charge in [0.05, 0.1) is 10.5 Å². The minimum absolute atomic E-state index is 0.00736. The number of hydrogen-bond donors (Lipinski definition) is 1. The van der Waals surface area contributed by atoms with Crippen LogP contribution in [0.15, 0.2) is 53.4 Å². The Labute approximate surface area is 190 Å². The van der Waals surface area contributed by atoms with E-state index in [-0.39, 0.29) is 23.8 Å². The quantitative estimate of drug-likeness (QED) is 0.647. The summed E-state index contributed by atoms with van der Waals surface area (Å²) in [5.41, 5.74) is -0.112. The van der Waals surface area contributed by atoms with Crippen molar-refractivity contribution in [2.24, 2.45) is 0 Å². The number of carbonyl (C=O) groups is 1. The molecule has 174 valence electrons. The smallest absolute Gasteiger partial charge is 0.340 e. The van der Waals surface area contributed by atoms with Crippen LogP contribution in [0.5, 0.6) is 0 Å². The van der Waals surface area contributed by atoms with E-state index in [1.165, 1.54) is 24.3 Å². The number of piperazine rings is 1. The number of benzene rings is 2. The summed E-state index contributed by atoms with van der Waals surface area (Å²) in [7, 11) is -3.76. The molecule has 1 heterocycles. The van der Waals surface area contributed by atoms with Crippen molar-refractivity contribution in [1.29, 1.82) is 0 Å². The van der Waals surface area contributed by atoms with Gasteiger partial charge in [0, 0.05) is 50.7 Å². The van der Waals surface area contributed by atoms with E-state index in [1.807, 2.05) is 4.90 Å². The Morgan fingerprint density at radius 1 is 1.03 bits per heavy atom. The second-order valence-electron chi connectivity index (χ2n) is 7.46. The number of halogens is 4. The molecule has 0 saturated carbocycles. The van der Waals surface area contributed by atoms with Crippen molar-refractivity contribution in [1.82, 2.24) is 14.5 Å². The largest absolute Gasteiger partial charge is 0.416 e. The van der Waals surface area contributed by atoms with Gasteiger partial charge in [0.1, 0.15) is 0 Å². The fourth-order valence-electron chi connectivity index (χ4n) is 3.43. The highest BCUT2D eigenvalue weighted by Gasteiger charge is 2.30. The Morgan fingerprint density at radius 3 is 2.38 bits per heavy atom. The highest BCUT2D eigenvalue weighted by molar-refractivity contribution is 7.89. The first-order valence-electron chi connectivity index (χ1n) is 9.96. The second-order valence-corrected chi connectivity index (χ2v) is 9.66. The Balaban J connectivity index is 1.45. The van der Waals surface area contributed by atoms with Crippen LogP contribution in [0.1, 0.15) is 17.5 Å². The predicted molar refractivity (Wildman–Crippen MR) is 115 cm³/mol. The molecule has 1 fully saturated rings. The lowest BCUT2D eigenvalue weighted by Gasteiger charge is -2.35. The molecule has 1 aliphatic rings. The lowest BCUT2D eigenvalue weighted by molar-refractivity contribution is -0.137. The molecule has 32 heavy (non-hydrogen) atoms. The molecule has 0 radical (unpaired) electrons. The summed E-state index contributed by atoms with van der Waals surface area (Å²) in [6, 6.07) is 11.1. The Hall–Kier alpha value is -2.14.